The van der Waals surface area contributed by atoms with Crippen LogP contribution < -0.4 is 5.32 Å². The van der Waals surface area contributed by atoms with E-state index < -0.39 is 0 Å². The van der Waals surface area contributed by atoms with Gasteiger partial charge in [-0.05, 0) is 31.2 Å². The number of hydrogen-bond donors (Lipinski definition) is 1. The van der Waals surface area contributed by atoms with E-state index in [2.05, 4.69) is 17.4 Å². The quantitative estimate of drug-likeness (QED) is 0.884. The van der Waals surface area contributed by atoms with E-state index >= 15 is 0 Å². The molecule has 1 spiro atoms. The Labute approximate surface area is 160 Å². The Morgan fingerprint density at radius 3 is 2.41 bits per heavy atom. The standard InChI is InChI=1S/C21H29N3O3/c1-16(25)23-9-7-18(8-10-23)22-20(26)24-14-21(15-24)11-19(12-21)27-13-17-5-3-2-4-6-17/h2-6,18-19H,7-15H2,1H3,(H,22,26). The lowest BCUT2D eigenvalue weighted by Gasteiger charge is -2.58. The Balaban J connectivity index is 1.13. The monoisotopic (exact) mass is 371 g/mol. The van der Waals surface area contributed by atoms with E-state index in [9.17, 15) is 9.59 Å². The maximum absolute atomic E-state index is 12.4. The molecule has 0 unspecified atom stereocenters. The van der Waals surface area contributed by atoms with E-state index in [4.69, 9.17) is 4.74 Å². The second kappa shape index (κ2) is 7.50. The molecule has 1 aliphatic carbocycles. The van der Waals surface area contributed by atoms with Crippen molar-refractivity contribution in [3.8, 4) is 0 Å². The number of benzene rings is 1. The zero-order chi connectivity index (χ0) is 18.9. The molecular formula is C21H29N3O3. The minimum absolute atomic E-state index is 0.0514. The number of ether oxygens (including phenoxy) is 1. The van der Waals surface area contributed by atoms with Crippen molar-refractivity contribution in [2.75, 3.05) is 26.2 Å². The molecular weight excluding hydrogens is 342 g/mol. The number of carbonyl (C=O) groups excluding carboxylic acids is 2. The second-order valence-corrected chi connectivity index (χ2v) is 8.41. The predicted molar refractivity (Wildman–Crippen MR) is 102 cm³/mol. The Morgan fingerprint density at radius 2 is 1.78 bits per heavy atom. The summed E-state index contributed by atoms with van der Waals surface area (Å²) in [7, 11) is 0. The van der Waals surface area contributed by atoms with Crippen LogP contribution in [0.5, 0.6) is 0 Å². The molecule has 0 atom stereocenters. The number of amides is 3. The Hall–Kier alpha value is -2.08. The van der Waals surface area contributed by atoms with Gasteiger partial charge in [0.1, 0.15) is 0 Å². The van der Waals surface area contributed by atoms with E-state index in [1.807, 2.05) is 28.0 Å². The van der Waals surface area contributed by atoms with E-state index in [1.54, 1.807) is 6.92 Å². The molecule has 0 bridgehead atoms. The van der Waals surface area contributed by atoms with Crippen LogP contribution in [0.4, 0.5) is 4.79 Å². The number of rotatable bonds is 4. The van der Waals surface area contributed by atoms with Gasteiger partial charge in [0, 0.05) is 44.6 Å². The summed E-state index contributed by atoms with van der Waals surface area (Å²) in [4.78, 5) is 27.6. The average Bonchev–Trinajstić information content (AvgIpc) is 2.60. The van der Waals surface area contributed by atoms with Gasteiger partial charge in [-0.2, -0.15) is 0 Å². The van der Waals surface area contributed by atoms with Gasteiger partial charge >= 0.3 is 6.03 Å². The Morgan fingerprint density at radius 1 is 1.11 bits per heavy atom. The molecule has 1 saturated carbocycles. The van der Waals surface area contributed by atoms with E-state index in [1.165, 1.54) is 5.56 Å². The third-order valence-electron chi connectivity index (χ3n) is 6.26. The summed E-state index contributed by atoms with van der Waals surface area (Å²) in [6.45, 7) is 5.45. The van der Waals surface area contributed by atoms with E-state index in [0.29, 0.717) is 12.7 Å². The molecule has 2 saturated heterocycles. The van der Waals surface area contributed by atoms with Gasteiger partial charge in [0.15, 0.2) is 0 Å². The van der Waals surface area contributed by atoms with Crippen LogP contribution in [0, 0.1) is 5.41 Å². The highest BCUT2D eigenvalue weighted by atomic mass is 16.5. The fourth-order valence-corrected chi connectivity index (χ4v) is 4.58. The minimum Gasteiger partial charge on any atom is -0.373 e. The molecule has 1 N–H and O–H groups in total. The summed E-state index contributed by atoms with van der Waals surface area (Å²) in [5.74, 6) is 0.124. The van der Waals surface area contributed by atoms with Crippen LogP contribution in [0.3, 0.4) is 0 Å². The third kappa shape index (κ3) is 4.10. The molecule has 6 nitrogen and oxygen atoms in total. The highest BCUT2D eigenvalue weighted by molar-refractivity contribution is 5.76. The summed E-state index contributed by atoms with van der Waals surface area (Å²) >= 11 is 0. The molecule has 3 fully saturated rings. The lowest BCUT2D eigenvalue weighted by molar-refractivity contribution is -0.142. The first-order valence-corrected chi connectivity index (χ1v) is 9.99. The van der Waals surface area contributed by atoms with Crippen LogP contribution in [-0.2, 0) is 16.1 Å². The SMILES string of the molecule is CC(=O)N1CCC(NC(=O)N2CC3(CC(OCc4ccccc4)C3)C2)CC1. The van der Waals surface area contributed by atoms with Crippen molar-refractivity contribution in [2.24, 2.45) is 5.41 Å². The first kappa shape index (κ1) is 18.3. The molecule has 0 radical (unpaired) electrons. The van der Waals surface area contributed by atoms with Crippen LogP contribution >= 0.6 is 0 Å². The fraction of sp³-hybridized carbons (Fsp3) is 0.619. The maximum atomic E-state index is 12.4. The molecule has 4 rings (SSSR count). The first-order valence-electron chi connectivity index (χ1n) is 9.99. The smallest absolute Gasteiger partial charge is 0.317 e. The molecule has 2 heterocycles. The van der Waals surface area contributed by atoms with Gasteiger partial charge in [-0.25, -0.2) is 4.79 Å². The van der Waals surface area contributed by atoms with Gasteiger partial charge < -0.3 is 19.9 Å². The molecule has 6 heteroatoms. The largest absolute Gasteiger partial charge is 0.373 e. The van der Waals surface area contributed by atoms with Gasteiger partial charge in [-0.3, -0.25) is 4.79 Å². The average molecular weight is 371 g/mol. The van der Waals surface area contributed by atoms with E-state index in [0.717, 1.165) is 51.9 Å². The van der Waals surface area contributed by atoms with Crippen LogP contribution in [-0.4, -0.2) is 60.1 Å². The molecule has 27 heavy (non-hydrogen) atoms. The van der Waals surface area contributed by atoms with Crippen molar-refractivity contribution < 1.29 is 14.3 Å². The van der Waals surface area contributed by atoms with Gasteiger partial charge in [-0.15, -0.1) is 0 Å². The molecule has 146 valence electrons. The number of piperidine rings is 1. The predicted octanol–water partition coefficient (Wildman–Crippen LogP) is 2.39. The summed E-state index contributed by atoms with van der Waals surface area (Å²) < 4.78 is 5.99. The lowest BCUT2D eigenvalue weighted by Crippen LogP contribution is -2.67. The van der Waals surface area contributed by atoms with Crippen molar-refractivity contribution in [3.05, 3.63) is 35.9 Å². The second-order valence-electron chi connectivity index (χ2n) is 8.41. The van der Waals surface area contributed by atoms with Crippen molar-refractivity contribution >= 4 is 11.9 Å². The van der Waals surface area contributed by atoms with Crippen LogP contribution in [0.25, 0.3) is 0 Å². The zero-order valence-corrected chi connectivity index (χ0v) is 16.0. The number of nitrogens with one attached hydrogen (secondary N) is 1. The third-order valence-corrected chi connectivity index (χ3v) is 6.26. The van der Waals surface area contributed by atoms with Gasteiger partial charge in [0.25, 0.3) is 0 Å². The molecule has 3 amide bonds. The highest BCUT2D eigenvalue weighted by Gasteiger charge is 2.54. The normalized spacial score (nSPS) is 22.3. The molecule has 3 aliphatic rings. The summed E-state index contributed by atoms with van der Waals surface area (Å²) in [5, 5.41) is 3.14. The number of hydrogen-bond acceptors (Lipinski definition) is 3. The molecule has 1 aromatic rings. The summed E-state index contributed by atoms with van der Waals surface area (Å²) in [6.07, 6.45) is 4.13. The van der Waals surface area contributed by atoms with Crippen LogP contribution in [0.2, 0.25) is 0 Å². The lowest BCUT2D eigenvalue weighted by atomic mass is 9.62. The Bertz CT molecular complexity index is 671. The number of nitrogens with zero attached hydrogens (tertiary/aromatic N) is 2. The topological polar surface area (TPSA) is 61.9 Å². The number of carbonyl (C=O) groups is 2. The van der Waals surface area contributed by atoms with Crippen molar-refractivity contribution in [1.82, 2.24) is 15.1 Å². The summed E-state index contributed by atoms with van der Waals surface area (Å²) in [6, 6.07) is 10.5. The zero-order valence-electron chi connectivity index (χ0n) is 16.0. The fourth-order valence-electron chi connectivity index (χ4n) is 4.58. The van der Waals surface area contributed by atoms with E-state index in [-0.39, 0.29) is 23.4 Å². The van der Waals surface area contributed by atoms with Gasteiger partial charge in [-0.1, -0.05) is 30.3 Å². The molecule has 2 aliphatic heterocycles. The van der Waals surface area contributed by atoms with Crippen LogP contribution in [0.1, 0.15) is 38.2 Å². The van der Waals surface area contributed by atoms with Crippen molar-refractivity contribution in [2.45, 2.75) is 51.4 Å². The first-order chi connectivity index (χ1) is 13.0. The van der Waals surface area contributed by atoms with Crippen LogP contribution in [0.15, 0.2) is 30.3 Å². The number of likely N-dealkylation sites (tertiary alicyclic amines) is 2. The number of urea groups is 1. The molecule has 1 aromatic carbocycles. The van der Waals surface area contributed by atoms with Gasteiger partial charge in [0.2, 0.25) is 5.91 Å². The Kier molecular flexibility index (Phi) is 5.08. The maximum Gasteiger partial charge on any atom is 0.317 e. The highest BCUT2D eigenvalue weighted by Crippen LogP contribution is 2.49. The minimum atomic E-state index is 0.0514. The van der Waals surface area contributed by atoms with Gasteiger partial charge in [0.05, 0.1) is 12.7 Å². The summed E-state index contributed by atoms with van der Waals surface area (Å²) in [5.41, 5.74) is 1.50. The van der Waals surface area contributed by atoms with Crippen molar-refractivity contribution in [3.63, 3.8) is 0 Å². The van der Waals surface area contributed by atoms with Crippen molar-refractivity contribution in [1.29, 1.82) is 0 Å². The molecule has 0 aromatic heterocycles.